The number of hydrogen-bond acceptors (Lipinski definition) is 6. The van der Waals surface area contributed by atoms with E-state index < -0.39 is 39.3 Å². The summed E-state index contributed by atoms with van der Waals surface area (Å²) < 4.78 is 50.2. The molecule has 0 aliphatic carbocycles. The van der Waals surface area contributed by atoms with Gasteiger partial charge in [-0.3, -0.25) is 0 Å². The third-order valence-electron chi connectivity index (χ3n) is 3.79. The number of halogens is 1. The van der Waals surface area contributed by atoms with Crippen LogP contribution in [0.15, 0.2) is 23.1 Å². The largest absolute Gasteiger partial charge is 0.460 e. The summed E-state index contributed by atoms with van der Waals surface area (Å²) in [5.74, 6) is -2.59. The zero-order valence-electron chi connectivity index (χ0n) is 14.7. The predicted octanol–water partition coefficient (Wildman–Crippen LogP) is 2.11. The van der Waals surface area contributed by atoms with E-state index in [0.717, 1.165) is 24.6 Å². The number of sulfonamides is 1. The highest BCUT2D eigenvalue weighted by atomic mass is 32.2. The molecule has 0 atom stereocenters. The number of ether oxygens (including phenoxy) is 2. The molecule has 0 radical (unpaired) electrons. The molecule has 1 heterocycles. The summed E-state index contributed by atoms with van der Waals surface area (Å²) in [5, 5.41) is 0. The van der Waals surface area contributed by atoms with Gasteiger partial charge in [0.1, 0.15) is 10.7 Å². The molecule has 1 aliphatic heterocycles. The molecule has 0 bridgehead atoms. The summed E-state index contributed by atoms with van der Waals surface area (Å²) in [5.41, 5.74) is -0.153. The minimum atomic E-state index is -4.04. The predicted molar refractivity (Wildman–Crippen MR) is 90.5 cm³/mol. The van der Waals surface area contributed by atoms with Crippen molar-refractivity contribution in [3.05, 3.63) is 29.6 Å². The molecule has 1 aliphatic rings. The molecule has 26 heavy (non-hydrogen) atoms. The molecule has 0 N–H and O–H groups in total. The van der Waals surface area contributed by atoms with E-state index in [1.165, 1.54) is 4.31 Å². The van der Waals surface area contributed by atoms with Gasteiger partial charge >= 0.3 is 11.9 Å². The van der Waals surface area contributed by atoms with E-state index in [4.69, 9.17) is 9.47 Å². The van der Waals surface area contributed by atoms with Crippen LogP contribution < -0.4 is 0 Å². The number of carbonyl (C=O) groups excluding carboxylic acids is 2. The zero-order valence-corrected chi connectivity index (χ0v) is 15.6. The van der Waals surface area contributed by atoms with E-state index in [1.54, 1.807) is 13.8 Å². The Morgan fingerprint density at radius 3 is 2.46 bits per heavy atom. The number of hydrogen-bond donors (Lipinski definition) is 0. The Labute approximate surface area is 152 Å². The van der Waals surface area contributed by atoms with Crippen LogP contribution in [0.2, 0.25) is 0 Å². The van der Waals surface area contributed by atoms with Crippen LogP contribution in [0.25, 0.3) is 0 Å². The van der Waals surface area contributed by atoms with Gasteiger partial charge in [0.2, 0.25) is 10.0 Å². The maximum atomic E-state index is 14.1. The van der Waals surface area contributed by atoms with Gasteiger partial charge in [-0.15, -0.1) is 0 Å². The molecular weight excluding hydrogens is 365 g/mol. The van der Waals surface area contributed by atoms with Gasteiger partial charge in [0.05, 0.1) is 11.7 Å². The van der Waals surface area contributed by atoms with Crippen LogP contribution in [-0.4, -0.2) is 50.5 Å². The Kier molecular flexibility index (Phi) is 6.71. The molecule has 2 rings (SSSR count). The summed E-state index contributed by atoms with van der Waals surface area (Å²) in [6, 6.07) is 2.95. The highest BCUT2D eigenvalue weighted by Crippen LogP contribution is 2.24. The van der Waals surface area contributed by atoms with Crippen molar-refractivity contribution in [1.82, 2.24) is 4.31 Å². The summed E-state index contributed by atoms with van der Waals surface area (Å²) in [7, 11) is -4.04. The van der Waals surface area contributed by atoms with E-state index in [1.807, 2.05) is 0 Å². The van der Waals surface area contributed by atoms with Gasteiger partial charge < -0.3 is 9.47 Å². The Balaban J connectivity index is 2.16. The summed E-state index contributed by atoms with van der Waals surface area (Å²) >= 11 is 0. The molecule has 0 spiro atoms. The second kappa shape index (κ2) is 8.59. The number of rotatable bonds is 6. The van der Waals surface area contributed by atoms with Gasteiger partial charge in [-0.25, -0.2) is 22.4 Å². The number of piperidine rings is 1. The molecule has 144 valence electrons. The fourth-order valence-electron chi connectivity index (χ4n) is 2.58. The van der Waals surface area contributed by atoms with Crippen LogP contribution in [0.5, 0.6) is 0 Å². The summed E-state index contributed by atoms with van der Waals surface area (Å²) in [6.07, 6.45) is 1.99. The second-order valence-electron chi connectivity index (χ2n) is 6.22. The van der Waals surface area contributed by atoms with Crippen LogP contribution in [-0.2, 0) is 24.3 Å². The monoisotopic (exact) mass is 387 g/mol. The number of nitrogens with zero attached hydrogens (tertiary/aromatic N) is 1. The average molecular weight is 387 g/mol. The van der Waals surface area contributed by atoms with Crippen molar-refractivity contribution in [2.45, 2.75) is 44.1 Å². The maximum Gasteiger partial charge on any atom is 0.344 e. The third-order valence-corrected chi connectivity index (χ3v) is 5.70. The standard InChI is InChI=1S/C17H22FNO6S/c1-12(2)25-16(20)11-24-17(21)13-6-7-14(18)15(10-13)26(22,23)19-8-4-3-5-9-19/h6-7,10,12H,3-5,8-9,11H2,1-2H3. The third kappa shape index (κ3) is 5.01. The van der Waals surface area contributed by atoms with Gasteiger partial charge in [0, 0.05) is 13.1 Å². The van der Waals surface area contributed by atoms with E-state index in [9.17, 15) is 22.4 Å². The number of benzene rings is 1. The van der Waals surface area contributed by atoms with Crippen molar-refractivity contribution in [2.24, 2.45) is 0 Å². The number of carbonyl (C=O) groups is 2. The smallest absolute Gasteiger partial charge is 0.344 e. The van der Waals surface area contributed by atoms with E-state index in [2.05, 4.69) is 0 Å². The summed E-state index contributed by atoms with van der Waals surface area (Å²) in [4.78, 5) is 22.9. The molecular formula is C17H22FNO6S. The van der Waals surface area contributed by atoms with Crippen molar-refractivity contribution < 1.29 is 31.9 Å². The Hall–Kier alpha value is -2.00. The van der Waals surface area contributed by atoms with Crippen LogP contribution >= 0.6 is 0 Å². The molecule has 1 aromatic rings. The van der Waals surface area contributed by atoms with Crippen molar-refractivity contribution in [2.75, 3.05) is 19.7 Å². The van der Waals surface area contributed by atoms with Gasteiger partial charge in [-0.05, 0) is 44.9 Å². The maximum absolute atomic E-state index is 14.1. The lowest BCUT2D eigenvalue weighted by molar-refractivity contribution is -0.150. The van der Waals surface area contributed by atoms with Gasteiger partial charge in [-0.1, -0.05) is 6.42 Å². The number of esters is 2. The lowest BCUT2D eigenvalue weighted by atomic mass is 10.2. The Morgan fingerprint density at radius 1 is 1.19 bits per heavy atom. The fourth-order valence-corrected chi connectivity index (χ4v) is 4.18. The molecule has 7 nitrogen and oxygen atoms in total. The normalized spacial score (nSPS) is 15.7. The minimum Gasteiger partial charge on any atom is -0.460 e. The van der Waals surface area contributed by atoms with Crippen LogP contribution in [0.4, 0.5) is 4.39 Å². The minimum absolute atomic E-state index is 0.153. The van der Waals surface area contributed by atoms with Crippen molar-refractivity contribution in [3.63, 3.8) is 0 Å². The molecule has 1 fully saturated rings. The second-order valence-corrected chi connectivity index (χ2v) is 8.13. The van der Waals surface area contributed by atoms with Crippen molar-refractivity contribution >= 4 is 22.0 Å². The van der Waals surface area contributed by atoms with Gasteiger partial charge in [0.25, 0.3) is 0 Å². The van der Waals surface area contributed by atoms with Crippen LogP contribution in [0.3, 0.4) is 0 Å². The van der Waals surface area contributed by atoms with E-state index in [-0.39, 0.29) is 11.7 Å². The first-order valence-electron chi connectivity index (χ1n) is 8.38. The van der Waals surface area contributed by atoms with E-state index in [0.29, 0.717) is 25.9 Å². The first-order chi connectivity index (χ1) is 12.2. The van der Waals surface area contributed by atoms with Crippen LogP contribution in [0, 0.1) is 5.82 Å². The van der Waals surface area contributed by atoms with Crippen molar-refractivity contribution in [3.8, 4) is 0 Å². The first-order valence-corrected chi connectivity index (χ1v) is 9.82. The SMILES string of the molecule is CC(C)OC(=O)COC(=O)c1ccc(F)c(S(=O)(=O)N2CCCCC2)c1. The van der Waals surface area contributed by atoms with E-state index >= 15 is 0 Å². The lowest BCUT2D eigenvalue weighted by Gasteiger charge is -2.26. The van der Waals surface area contributed by atoms with Gasteiger partial charge in [-0.2, -0.15) is 4.31 Å². The lowest BCUT2D eigenvalue weighted by Crippen LogP contribution is -2.36. The zero-order chi connectivity index (χ0) is 19.3. The molecule has 9 heteroatoms. The Bertz CT molecular complexity index is 771. The average Bonchev–Trinajstić information content (AvgIpc) is 2.60. The van der Waals surface area contributed by atoms with Gasteiger partial charge in [0.15, 0.2) is 6.61 Å². The topological polar surface area (TPSA) is 90.0 Å². The molecule has 0 amide bonds. The van der Waals surface area contributed by atoms with Crippen LogP contribution in [0.1, 0.15) is 43.5 Å². The first kappa shape index (κ1) is 20.3. The molecule has 1 saturated heterocycles. The summed E-state index contributed by atoms with van der Waals surface area (Å²) in [6.45, 7) is 3.33. The molecule has 0 aromatic heterocycles. The quantitative estimate of drug-likeness (QED) is 0.695. The molecule has 0 saturated carbocycles. The molecule has 0 unspecified atom stereocenters. The highest BCUT2D eigenvalue weighted by molar-refractivity contribution is 7.89. The molecule has 1 aromatic carbocycles. The van der Waals surface area contributed by atoms with Crippen molar-refractivity contribution in [1.29, 1.82) is 0 Å². The highest BCUT2D eigenvalue weighted by Gasteiger charge is 2.29. The Morgan fingerprint density at radius 2 is 1.85 bits per heavy atom. The fraction of sp³-hybridized carbons (Fsp3) is 0.529.